The zero-order valence-electron chi connectivity index (χ0n) is 13.4. The van der Waals surface area contributed by atoms with E-state index in [2.05, 4.69) is 5.32 Å². The van der Waals surface area contributed by atoms with E-state index < -0.39 is 0 Å². The molecule has 4 rings (SSSR count). The van der Waals surface area contributed by atoms with E-state index in [0.717, 1.165) is 41.8 Å². The third-order valence-corrected chi connectivity index (χ3v) is 5.20. The Hall–Kier alpha value is -2.33. The monoisotopic (exact) mass is 340 g/mol. The molecule has 2 amide bonds. The van der Waals surface area contributed by atoms with Crippen LogP contribution in [0.15, 0.2) is 30.3 Å². The molecule has 0 bridgehead atoms. The molecule has 0 unspecified atom stereocenters. The molecular weight excluding hydrogens is 324 g/mol. The lowest BCUT2D eigenvalue weighted by Gasteiger charge is -2.25. The molecule has 2 heterocycles. The highest BCUT2D eigenvalue weighted by Gasteiger charge is 2.32. The highest BCUT2D eigenvalue weighted by molar-refractivity contribution is 6.31. The van der Waals surface area contributed by atoms with Crippen molar-refractivity contribution in [3.63, 3.8) is 0 Å². The summed E-state index contributed by atoms with van der Waals surface area (Å²) < 4.78 is 0. The van der Waals surface area contributed by atoms with E-state index in [1.165, 1.54) is 0 Å². The molecule has 122 valence electrons. The number of aryl methyl sites for hydroxylation is 1. The number of carbonyl (C=O) groups is 2. The van der Waals surface area contributed by atoms with Crippen LogP contribution in [0.5, 0.6) is 0 Å². The van der Waals surface area contributed by atoms with Crippen LogP contribution in [-0.2, 0) is 17.6 Å². The minimum atomic E-state index is -0.170. The lowest BCUT2D eigenvalue weighted by Crippen LogP contribution is -2.31. The molecule has 0 saturated heterocycles. The van der Waals surface area contributed by atoms with Crippen molar-refractivity contribution in [2.24, 2.45) is 0 Å². The number of anilines is 2. The van der Waals surface area contributed by atoms with E-state index in [0.29, 0.717) is 22.7 Å². The van der Waals surface area contributed by atoms with Gasteiger partial charge in [0, 0.05) is 22.8 Å². The molecule has 2 aliphatic heterocycles. The standard InChI is InChI=1S/C19H17ClN2O2/c1-11-15(20)5-2-6-16(11)21-19(24)14-8-12-4-3-7-22-17(23)10-13(9-14)18(12)22/h2,5-6,8-9H,3-4,7,10H2,1H3,(H,21,24). The fourth-order valence-corrected chi connectivity index (χ4v) is 3.72. The van der Waals surface area contributed by atoms with Crippen LogP contribution in [-0.4, -0.2) is 18.4 Å². The largest absolute Gasteiger partial charge is 0.322 e. The van der Waals surface area contributed by atoms with Gasteiger partial charge >= 0.3 is 0 Å². The molecule has 24 heavy (non-hydrogen) atoms. The Labute approximate surface area is 145 Å². The number of nitrogens with zero attached hydrogens (tertiary/aromatic N) is 1. The van der Waals surface area contributed by atoms with Crippen LogP contribution in [0.2, 0.25) is 5.02 Å². The maximum Gasteiger partial charge on any atom is 0.255 e. The van der Waals surface area contributed by atoms with Crippen LogP contribution >= 0.6 is 11.6 Å². The Morgan fingerprint density at radius 1 is 1.25 bits per heavy atom. The quantitative estimate of drug-likeness (QED) is 0.905. The molecule has 0 aromatic heterocycles. The van der Waals surface area contributed by atoms with Gasteiger partial charge in [0.15, 0.2) is 0 Å². The second-order valence-corrected chi connectivity index (χ2v) is 6.74. The highest BCUT2D eigenvalue weighted by Crippen LogP contribution is 2.37. The number of halogens is 1. The molecule has 4 nitrogen and oxygen atoms in total. The van der Waals surface area contributed by atoms with Crippen molar-refractivity contribution in [2.75, 3.05) is 16.8 Å². The van der Waals surface area contributed by atoms with Crippen molar-refractivity contribution >= 4 is 34.8 Å². The van der Waals surface area contributed by atoms with Gasteiger partial charge in [0.05, 0.1) is 12.1 Å². The van der Waals surface area contributed by atoms with Crippen LogP contribution in [0.3, 0.4) is 0 Å². The van der Waals surface area contributed by atoms with Crippen molar-refractivity contribution in [2.45, 2.75) is 26.2 Å². The maximum atomic E-state index is 12.7. The van der Waals surface area contributed by atoms with Gasteiger partial charge in [0.25, 0.3) is 5.91 Å². The summed E-state index contributed by atoms with van der Waals surface area (Å²) in [7, 11) is 0. The Kier molecular flexibility index (Phi) is 3.57. The summed E-state index contributed by atoms with van der Waals surface area (Å²) in [5, 5.41) is 3.55. The summed E-state index contributed by atoms with van der Waals surface area (Å²) in [6.07, 6.45) is 2.24. The van der Waals surface area contributed by atoms with Gasteiger partial charge in [-0.2, -0.15) is 0 Å². The zero-order valence-corrected chi connectivity index (χ0v) is 14.1. The SMILES string of the molecule is Cc1c(Cl)cccc1NC(=O)c1cc2c3c(c1)CC(=O)N3CCC2. The second kappa shape index (κ2) is 5.64. The minimum Gasteiger partial charge on any atom is -0.322 e. The molecule has 2 aliphatic rings. The van der Waals surface area contributed by atoms with Gasteiger partial charge in [0.2, 0.25) is 5.91 Å². The van der Waals surface area contributed by atoms with Crippen molar-refractivity contribution in [1.29, 1.82) is 0 Å². The summed E-state index contributed by atoms with van der Waals surface area (Å²) in [6, 6.07) is 9.21. The first kappa shape index (κ1) is 15.2. The number of nitrogens with one attached hydrogen (secondary N) is 1. The molecule has 0 saturated carbocycles. The Morgan fingerprint density at radius 3 is 2.88 bits per heavy atom. The topological polar surface area (TPSA) is 49.4 Å². The van der Waals surface area contributed by atoms with E-state index in [-0.39, 0.29) is 11.8 Å². The highest BCUT2D eigenvalue weighted by atomic mass is 35.5. The summed E-state index contributed by atoms with van der Waals surface area (Å²) >= 11 is 6.11. The molecule has 0 atom stereocenters. The van der Waals surface area contributed by atoms with Crippen LogP contribution in [0.25, 0.3) is 0 Å². The number of hydrogen-bond acceptors (Lipinski definition) is 2. The van der Waals surface area contributed by atoms with Crippen LogP contribution in [0, 0.1) is 6.92 Å². The fourth-order valence-electron chi connectivity index (χ4n) is 3.55. The molecule has 2 aromatic rings. The Morgan fingerprint density at radius 2 is 2.04 bits per heavy atom. The lowest BCUT2D eigenvalue weighted by atomic mass is 9.96. The van der Waals surface area contributed by atoms with Crippen LogP contribution in [0.1, 0.15) is 33.5 Å². The van der Waals surface area contributed by atoms with E-state index in [1.807, 2.05) is 36.1 Å². The van der Waals surface area contributed by atoms with Gasteiger partial charge in [-0.15, -0.1) is 0 Å². The fraction of sp³-hybridized carbons (Fsp3) is 0.263. The van der Waals surface area contributed by atoms with Crippen LogP contribution < -0.4 is 10.2 Å². The van der Waals surface area contributed by atoms with Crippen molar-refractivity contribution in [1.82, 2.24) is 0 Å². The smallest absolute Gasteiger partial charge is 0.255 e. The molecule has 1 N–H and O–H groups in total. The van der Waals surface area contributed by atoms with Crippen molar-refractivity contribution in [3.8, 4) is 0 Å². The van der Waals surface area contributed by atoms with E-state index in [4.69, 9.17) is 11.6 Å². The number of amides is 2. The van der Waals surface area contributed by atoms with Gasteiger partial charge in [-0.25, -0.2) is 0 Å². The molecule has 2 aromatic carbocycles. The van der Waals surface area contributed by atoms with Crippen molar-refractivity contribution < 1.29 is 9.59 Å². The third kappa shape index (κ3) is 2.38. The third-order valence-electron chi connectivity index (χ3n) is 4.79. The minimum absolute atomic E-state index is 0.134. The summed E-state index contributed by atoms with van der Waals surface area (Å²) in [5.74, 6) is -0.0370. The molecule has 0 spiro atoms. The Bertz CT molecular complexity index is 876. The Balaban J connectivity index is 1.68. The predicted octanol–water partition coefficient (Wildman–Crippen LogP) is 3.74. The zero-order chi connectivity index (χ0) is 16.8. The molecular formula is C19H17ClN2O2. The van der Waals surface area contributed by atoms with Gasteiger partial charge in [-0.1, -0.05) is 17.7 Å². The first-order chi connectivity index (χ1) is 11.5. The van der Waals surface area contributed by atoms with Crippen molar-refractivity contribution in [3.05, 3.63) is 57.6 Å². The van der Waals surface area contributed by atoms with E-state index in [9.17, 15) is 9.59 Å². The number of rotatable bonds is 2. The summed E-state index contributed by atoms with van der Waals surface area (Å²) in [6.45, 7) is 2.66. The normalized spacial score (nSPS) is 15.4. The number of carbonyl (C=O) groups excluding carboxylic acids is 2. The molecule has 0 fully saturated rings. The van der Waals surface area contributed by atoms with Gasteiger partial charge in [-0.3, -0.25) is 9.59 Å². The average molecular weight is 341 g/mol. The first-order valence-electron chi connectivity index (χ1n) is 8.07. The average Bonchev–Trinajstić information content (AvgIpc) is 2.89. The van der Waals surface area contributed by atoms with E-state index >= 15 is 0 Å². The number of benzene rings is 2. The van der Waals surface area contributed by atoms with Crippen LogP contribution in [0.4, 0.5) is 11.4 Å². The van der Waals surface area contributed by atoms with Gasteiger partial charge in [-0.05, 0) is 60.7 Å². The first-order valence-corrected chi connectivity index (χ1v) is 8.45. The molecule has 0 radical (unpaired) electrons. The summed E-state index contributed by atoms with van der Waals surface area (Å²) in [5.41, 5.74) is 5.24. The molecule has 5 heteroatoms. The van der Waals surface area contributed by atoms with Gasteiger partial charge in [0.1, 0.15) is 0 Å². The maximum absolute atomic E-state index is 12.7. The molecule has 0 aliphatic carbocycles. The lowest BCUT2D eigenvalue weighted by molar-refractivity contribution is -0.117. The number of hydrogen-bond donors (Lipinski definition) is 1. The second-order valence-electron chi connectivity index (χ2n) is 6.34. The predicted molar refractivity (Wildman–Crippen MR) is 95.0 cm³/mol. The summed E-state index contributed by atoms with van der Waals surface area (Å²) in [4.78, 5) is 26.6. The van der Waals surface area contributed by atoms with Gasteiger partial charge < -0.3 is 10.2 Å². The van der Waals surface area contributed by atoms with E-state index in [1.54, 1.807) is 6.07 Å².